The van der Waals surface area contributed by atoms with E-state index in [1.54, 1.807) is 6.20 Å². The molecule has 0 radical (unpaired) electrons. The van der Waals surface area contributed by atoms with Gasteiger partial charge in [-0.2, -0.15) is 5.10 Å². The molecule has 0 aliphatic heterocycles. The Balaban J connectivity index is 0.00000161. The molecule has 1 saturated carbocycles. The van der Waals surface area contributed by atoms with Crippen LogP contribution in [0.3, 0.4) is 0 Å². The lowest BCUT2D eigenvalue weighted by molar-refractivity contribution is -0.121. The van der Waals surface area contributed by atoms with Gasteiger partial charge >= 0.3 is 0 Å². The number of carbonyl (C=O) groups excluding carboxylic acids is 1. The molecule has 3 rings (SSSR count). The second-order valence-electron chi connectivity index (χ2n) is 5.30. The van der Waals surface area contributed by atoms with E-state index in [1.165, 1.54) is 6.33 Å². The molecule has 0 atom stereocenters. The molecule has 8 nitrogen and oxygen atoms in total. The van der Waals surface area contributed by atoms with E-state index in [2.05, 4.69) is 25.5 Å². The molecule has 23 heavy (non-hydrogen) atoms. The molecular formula is C13H22Br2N6O2. The van der Waals surface area contributed by atoms with Crippen LogP contribution in [0.4, 0.5) is 5.82 Å². The fraction of sp³-hybridized carbons (Fsp3) is 0.538. The van der Waals surface area contributed by atoms with Crippen LogP contribution in [0.1, 0.15) is 25.7 Å². The van der Waals surface area contributed by atoms with Gasteiger partial charge in [-0.1, -0.05) is 0 Å². The molecule has 1 fully saturated rings. The first-order valence-electron chi connectivity index (χ1n) is 6.93. The topological polar surface area (TPSA) is 141 Å². The lowest BCUT2D eigenvalue weighted by Crippen LogP contribution is -2.29. The van der Waals surface area contributed by atoms with Gasteiger partial charge in [0.05, 0.1) is 11.6 Å². The second-order valence-corrected chi connectivity index (χ2v) is 5.30. The number of aromatic nitrogens is 4. The zero-order chi connectivity index (χ0) is 13.9. The maximum atomic E-state index is 12.3. The summed E-state index contributed by atoms with van der Waals surface area (Å²) in [6.45, 7) is 0.718. The Morgan fingerprint density at radius 1 is 1.26 bits per heavy atom. The first kappa shape index (κ1) is 21.9. The smallest absolute Gasteiger partial charge is 0.228 e. The van der Waals surface area contributed by atoms with Crippen LogP contribution in [-0.2, 0) is 4.79 Å². The van der Waals surface area contributed by atoms with Crippen molar-refractivity contribution >= 4 is 56.7 Å². The number of nitrogens with zero attached hydrogens (tertiary/aromatic N) is 3. The predicted molar refractivity (Wildman–Crippen MR) is 99.1 cm³/mol. The Morgan fingerprint density at radius 3 is 2.61 bits per heavy atom. The number of aromatic amines is 1. The highest BCUT2D eigenvalue weighted by Gasteiger charge is 2.26. The summed E-state index contributed by atoms with van der Waals surface area (Å²) in [4.78, 5) is 20.5. The quantitative estimate of drug-likeness (QED) is 0.643. The molecule has 2 heterocycles. The number of halogens is 2. The van der Waals surface area contributed by atoms with Crippen LogP contribution in [0.25, 0.3) is 11.0 Å². The van der Waals surface area contributed by atoms with Crippen LogP contribution in [0, 0.1) is 11.8 Å². The summed E-state index contributed by atoms with van der Waals surface area (Å²) in [6.07, 6.45) is 6.89. The Morgan fingerprint density at radius 2 is 1.96 bits per heavy atom. The van der Waals surface area contributed by atoms with Gasteiger partial charge < -0.3 is 16.5 Å². The summed E-state index contributed by atoms with van der Waals surface area (Å²) in [5, 5.41) is 10.3. The Bertz CT molecular complexity index is 615. The normalized spacial score (nSPS) is 19.9. The van der Waals surface area contributed by atoms with Crippen molar-refractivity contribution in [2.45, 2.75) is 25.7 Å². The highest BCUT2D eigenvalue weighted by Crippen LogP contribution is 2.29. The minimum Gasteiger partial charge on any atom is -0.412 e. The maximum absolute atomic E-state index is 12.3. The summed E-state index contributed by atoms with van der Waals surface area (Å²) in [6, 6.07) is 0. The molecule has 1 amide bonds. The zero-order valence-electron chi connectivity index (χ0n) is 12.5. The van der Waals surface area contributed by atoms with E-state index in [4.69, 9.17) is 5.73 Å². The summed E-state index contributed by atoms with van der Waals surface area (Å²) in [5.41, 5.74) is 6.30. The zero-order valence-corrected chi connectivity index (χ0v) is 15.9. The summed E-state index contributed by atoms with van der Waals surface area (Å²) >= 11 is 0. The number of anilines is 1. The minimum atomic E-state index is 0. The average molecular weight is 454 g/mol. The van der Waals surface area contributed by atoms with E-state index in [1.807, 2.05) is 0 Å². The third-order valence-electron chi connectivity index (χ3n) is 4.04. The van der Waals surface area contributed by atoms with Gasteiger partial charge in [0.25, 0.3) is 0 Å². The molecule has 0 saturated heterocycles. The molecule has 10 heteroatoms. The molecule has 0 unspecified atom stereocenters. The number of amides is 1. The standard InChI is InChI=1S/C13H18N6O.2BrH.H2O/c14-5-8-1-3-9(4-2-8)13(20)18-11-10-6-17-19-12(10)16-7-15-11;;;/h6-9H,1-5,14H2,(H2,15,16,17,18,19,20);2*1H;1H2/t8-,9-;;;. The van der Waals surface area contributed by atoms with Gasteiger partial charge in [-0.3, -0.25) is 9.89 Å². The highest BCUT2D eigenvalue weighted by molar-refractivity contribution is 8.93. The summed E-state index contributed by atoms with van der Waals surface area (Å²) in [5.74, 6) is 1.17. The first-order chi connectivity index (χ1) is 9.78. The van der Waals surface area contributed by atoms with Gasteiger partial charge in [0.1, 0.15) is 12.1 Å². The number of fused-ring (bicyclic) bond motifs is 1. The molecule has 0 bridgehead atoms. The van der Waals surface area contributed by atoms with Gasteiger partial charge in [0.15, 0.2) is 5.65 Å². The van der Waals surface area contributed by atoms with Crippen molar-refractivity contribution in [3.63, 3.8) is 0 Å². The van der Waals surface area contributed by atoms with Crippen molar-refractivity contribution in [2.75, 3.05) is 11.9 Å². The lowest BCUT2D eigenvalue weighted by Gasteiger charge is -2.26. The van der Waals surface area contributed by atoms with Crippen LogP contribution >= 0.6 is 34.0 Å². The van der Waals surface area contributed by atoms with Crippen molar-refractivity contribution in [3.8, 4) is 0 Å². The molecule has 2 aromatic heterocycles. The molecule has 130 valence electrons. The van der Waals surface area contributed by atoms with Gasteiger partial charge in [-0.05, 0) is 38.1 Å². The Kier molecular flexibility index (Phi) is 9.44. The van der Waals surface area contributed by atoms with Crippen LogP contribution in [0.2, 0.25) is 0 Å². The van der Waals surface area contributed by atoms with Crippen molar-refractivity contribution < 1.29 is 10.3 Å². The van der Waals surface area contributed by atoms with Crippen LogP contribution in [0.15, 0.2) is 12.5 Å². The summed E-state index contributed by atoms with van der Waals surface area (Å²) < 4.78 is 0. The van der Waals surface area contributed by atoms with E-state index in [9.17, 15) is 4.79 Å². The van der Waals surface area contributed by atoms with Crippen molar-refractivity contribution in [3.05, 3.63) is 12.5 Å². The molecule has 2 aromatic rings. The molecular weight excluding hydrogens is 432 g/mol. The number of nitrogens with two attached hydrogens (primary N) is 1. The molecule has 6 N–H and O–H groups in total. The minimum absolute atomic E-state index is 0. The van der Waals surface area contributed by atoms with Gasteiger partial charge in [-0.15, -0.1) is 34.0 Å². The fourth-order valence-electron chi connectivity index (χ4n) is 2.74. The predicted octanol–water partition coefficient (Wildman–Crippen LogP) is 1.39. The maximum Gasteiger partial charge on any atom is 0.228 e. The van der Waals surface area contributed by atoms with E-state index < -0.39 is 0 Å². The third kappa shape index (κ3) is 4.93. The van der Waals surface area contributed by atoms with Crippen LogP contribution < -0.4 is 11.1 Å². The van der Waals surface area contributed by atoms with Crippen molar-refractivity contribution in [2.24, 2.45) is 17.6 Å². The van der Waals surface area contributed by atoms with E-state index in [0.717, 1.165) is 37.6 Å². The number of carbonyl (C=O) groups is 1. The van der Waals surface area contributed by atoms with Crippen molar-refractivity contribution in [1.82, 2.24) is 20.2 Å². The van der Waals surface area contributed by atoms with Gasteiger partial charge in [0.2, 0.25) is 5.91 Å². The number of rotatable bonds is 3. The SMILES string of the molecule is Br.Br.NC[C@H]1CC[C@H](C(=O)Nc2ncnc3[nH]ncc23)CC1.O. The van der Waals surface area contributed by atoms with E-state index in [-0.39, 0.29) is 51.3 Å². The van der Waals surface area contributed by atoms with Crippen LogP contribution in [-0.4, -0.2) is 38.1 Å². The van der Waals surface area contributed by atoms with Crippen LogP contribution in [0.5, 0.6) is 0 Å². The Labute approximate surface area is 154 Å². The van der Waals surface area contributed by atoms with Gasteiger partial charge in [-0.25, -0.2) is 9.97 Å². The second kappa shape index (κ2) is 9.91. The largest absolute Gasteiger partial charge is 0.412 e. The van der Waals surface area contributed by atoms with E-state index in [0.29, 0.717) is 17.4 Å². The lowest BCUT2D eigenvalue weighted by atomic mass is 9.81. The average Bonchev–Trinajstić information content (AvgIpc) is 2.97. The highest BCUT2D eigenvalue weighted by atomic mass is 79.9. The third-order valence-corrected chi connectivity index (χ3v) is 4.04. The molecule has 0 spiro atoms. The number of H-pyrrole nitrogens is 1. The number of hydrogen-bond acceptors (Lipinski definition) is 5. The monoisotopic (exact) mass is 452 g/mol. The van der Waals surface area contributed by atoms with Gasteiger partial charge in [0, 0.05) is 5.92 Å². The number of nitrogens with one attached hydrogen (secondary N) is 2. The van der Waals surface area contributed by atoms with E-state index >= 15 is 0 Å². The summed E-state index contributed by atoms with van der Waals surface area (Å²) in [7, 11) is 0. The Hall–Kier alpha value is -1.10. The fourth-order valence-corrected chi connectivity index (χ4v) is 2.74. The molecule has 0 aromatic carbocycles. The number of hydrogen-bond donors (Lipinski definition) is 3. The molecule has 1 aliphatic rings. The van der Waals surface area contributed by atoms with Crippen molar-refractivity contribution in [1.29, 1.82) is 0 Å². The first-order valence-corrected chi connectivity index (χ1v) is 6.93. The molecule has 1 aliphatic carbocycles.